The van der Waals surface area contributed by atoms with Crippen molar-refractivity contribution in [2.75, 3.05) is 7.11 Å². The van der Waals surface area contributed by atoms with Crippen molar-refractivity contribution in [3.05, 3.63) is 63.9 Å². The number of nitrogens with one attached hydrogen (secondary N) is 1. The summed E-state index contributed by atoms with van der Waals surface area (Å²) in [6.45, 7) is 1.90. The SMILES string of the molecule is COc1ccc(F)cc1C(NN)c1cccc(Cl)c1C. The average molecular weight is 295 g/mol. The third-order valence-electron chi connectivity index (χ3n) is 3.29. The number of ether oxygens (including phenoxy) is 1. The number of halogens is 2. The maximum absolute atomic E-state index is 13.5. The van der Waals surface area contributed by atoms with E-state index in [-0.39, 0.29) is 5.82 Å². The van der Waals surface area contributed by atoms with Gasteiger partial charge in [-0.3, -0.25) is 5.84 Å². The quantitative estimate of drug-likeness (QED) is 0.671. The number of hydrazine groups is 1. The molecule has 0 fully saturated rings. The third kappa shape index (κ3) is 2.77. The molecule has 5 heteroatoms. The molecule has 3 nitrogen and oxygen atoms in total. The van der Waals surface area contributed by atoms with Crippen molar-refractivity contribution in [1.29, 1.82) is 0 Å². The van der Waals surface area contributed by atoms with E-state index in [0.717, 1.165) is 11.1 Å². The monoisotopic (exact) mass is 294 g/mol. The summed E-state index contributed by atoms with van der Waals surface area (Å²) in [5.41, 5.74) is 5.10. The molecule has 0 bridgehead atoms. The summed E-state index contributed by atoms with van der Waals surface area (Å²) in [6, 6.07) is 9.46. The zero-order valence-corrected chi connectivity index (χ0v) is 12.0. The number of hydrogen-bond donors (Lipinski definition) is 2. The van der Waals surface area contributed by atoms with Gasteiger partial charge in [-0.25, -0.2) is 9.82 Å². The Hall–Kier alpha value is -1.62. The molecule has 3 N–H and O–H groups in total. The lowest BCUT2D eigenvalue weighted by molar-refractivity contribution is 0.402. The zero-order chi connectivity index (χ0) is 14.7. The van der Waals surface area contributed by atoms with E-state index in [1.807, 2.05) is 19.1 Å². The second kappa shape index (κ2) is 6.22. The minimum Gasteiger partial charge on any atom is -0.496 e. The van der Waals surface area contributed by atoms with Crippen molar-refractivity contribution >= 4 is 11.6 Å². The highest BCUT2D eigenvalue weighted by Crippen LogP contribution is 2.33. The highest BCUT2D eigenvalue weighted by molar-refractivity contribution is 6.31. The first kappa shape index (κ1) is 14.8. The molecule has 0 saturated heterocycles. The largest absolute Gasteiger partial charge is 0.496 e. The van der Waals surface area contributed by atoms with Gasteiger partial charge in [0.25, 0.3) is 0 Å². The molecule has 0 radical (unpaired) electrons. The van der Waals surface area contributed by atoms with E-state index in [1.54, 1.807) is 12.1 Å². The van der Waals surface area contributed by atoms with Crippen molar-refractivity contribution in [3.8, 4) is 5.75 Å². The van der Waals surface area contributed by atoms with Gasteiger partial charge in [-0.05, 0) is 42.3 Å². The van der Waals surface area contributed by atoms with Crippen LogP contribution in [0.25, 0.3) is 0 Å². The summed E-state index contributed by atoms with van der Waals surface area (Å²) in [5, 5.41) is 0.637. The van der Waals surface area contributed by atoms with Gasteiger partial charge in [0.1, 0.15) is 11.6 Å². The average Bonchev–Trinajstić information content (AvgIpc) is 2.44. The molecule has 20 heavy (non-hydrogen) atoms. The van der Waals surface area contributed by atoms with Gasteiger partial charge in [-0.1, -0.05) is 23.7 Å². The lowest BCUT2D eigenvalue weighted by atomic mass is 9.94. The van der Waals surface area contributed by atoms with Crippen LogP contribution >= 0.6 is 11.6 Å². The highest BCUT2D eigenvalue weighted by atomic mass is 35.5. The minimum atomic E-state index is -0.403. The third-order valence-corrected chi connectivity index (χ3v) is 3.70. The fraction of sp³-hybridized carbons (Fsp3) is 0.200. The van der Waals surface area contributed by atoms with E-state index in [9.17, 15) is 4.39 Å². The molecule has 2 aromatic carbocycles. The Kier molecular flexibility index (Phi) is 4.60. The molecule has 2 rings (SSSR count). The van der Waals surface area contributed by atoms with Crippen LogP contribution in [0.15, 0.2) is 36.4 Å². The first-order valence-corrected chi connectivity index (χ1v) is 6.51. The zero-order valence-electron chi connectivity index (χ0n) is 11.3. The van der Waals surface area contributed by atoms with E-state index in [0.29, 0.717) is 16.3 Å². The number of nitrogens with two attached hydrogens (primary N) is 1. The summed E-state index contributed by atoms with van der Waals surface area (Å²) in [4.78, 5) is 0. The van der Waals surface area contributed by atoms with Crippen LogP contribution in [0.4, 0.5) is 4.39 Å². The van der Waals surface area contributed by atoms with Crippen LogP contribution in [0.3, 0.4) is 0 Å². The Labute approximate surface area is 122 Å². The minimum absolute atomic E-state index is 0.347. The van der Waals surface area contributed by atoms with Crippen molar-refractivity contribution < 1.29 is 9.13 Å². The maximum Gasteiger partial charge on any atom is 0.124 e. The van der Waals surface area contributed by atoms with Gasteiger partial charge >= 0.3 is 0 Å². The topological polar surface area (TPSA) is 47.3 Å². The predicted molar refractivity (Wildman–Crippen MR) is 78.3 cm³/mol. The molecule has 0 aliphatic heterocycles. The first-order chi connectivity index (χ1) is 9.58. The van der Waals surface area contributed by atoms with E-state index in [1.165, 1.54) is 19.2 Å². The Morgan fingerprint density at radius 1 is 1.25 bits per heavy atom. The molecule has 1 unspecified atom stereocenters. The van der Waals surface area contributed by atoms with Gasteiger partial charge in [-0.2, -0.15) is 0 Å². The summed E-state index contributed by atoms with van der Waals surface area (Å²) in [5.74, 6) is 5.88. The lowest BCUT2D eigenvalue weighted by Gasteiger charge is -2.21. The van der Waals surface area contributed by atoms with Crippen molar-refractivity contribution in [3.63, 3.8) is 0 Å². The van der Waals surface area contributed by atoms with Gasteiger partial charge in [0.15, 0.2) is 0 Å². The van der Waals surface area contributed by atoms with Crippen LogP contribution in [0, 0.1) is 12.7 Å². The molecular formula is C15H16ClFN2O. The summed E-state index contributed by atoms with van der Waals surface area (Å²) >= 11 is 6.13. The van der Waals surface area contributed by atoms with Crippen molar-refractivity contribution in [1.82, 2.24) is 5.43 Å². The molecule has 2 aromatic rings. The number of hydrogen-bond acceptors (Lipinski definition) is 3. The Morgan fingerprint density at radius 2 is 2.00 bits per heavy atom. The number of methoxy groups -OCH3 is 1. The van der Waals surface area contributed by atoms with Crippen LogP contribution in [-0.4, -0.2) is 7.11 Å². The van der Waals surface area contributed by atoms with Crippen LogP contribution < -0.4 is 16.0 Å². The Balaban J connectivity index is 2.58. The molecule has 0 heterocycles. The van der Waals surface area contributed by atoms with E-state index < -0.39 is 6.04 Å². The predicted octanol–water partition coefficient (Wildman–Crippen LogP) is 3.35. The standard InChI is InChI=1S/C15H16ClFN2O/c1-9-11(4-3-5-13(9)16)15(19-18)12-8-10(17)6-7-14(12)20-2/h3-8,15,19H,18H2,1-2H3. The second-order valence-corrected chi connectivity index (χ2v) is 4.85. The van der Waals surface area contributed by atoms with Crippen molar-refractivity contribution in [2.24, 2.45) is 5.84 Å². The Morgan fingerprint density at radius 3 is 2.65 bits per heavy atom. The van der Waals surface area contributed by atoms with Crippen LogP contribution in [0.5, 0.6) is 5.75 Å². The molecule has 0 saturated carbocycles. The smallest absolute Gasteiger partial charge is 0.124 e. The van der Waals surface area contributed by atoms with Crippen LogP contribution in [0.2, 0.25) is 5.02 Å². The molecule has 106 valence electrons. The molecule has 0 aromatic heterocycles. The summed E-state index contributed by atoms with van der Waals surface area (Å²) in [6.07, 6.45) is 0. The fourth-order valence-corrected chi connectivity index (χ4v) is 2.40. The molecule has 0 aliphatic rings. The number of benzene rings is 2. The molecule has 1 atom stereocenters. The van der Waals surface area contributed by atoms with Gasteiger partial charge in [0.2, 0.25) is 0 Å². The van der Waals surface area contributed by atoms with Gasteiger partial charge in [0.05, 0.1) is 13.2 Å². The van der Waals surface area contributed by atoms with Crippen LogP contribution in [-0.2, 0) is 0 Å². The molecule has 0 aliphatic carbocycles. The van der Waals surface area contributed by atoms with Gasteiger partial charge in [0, 0.05) is 10.6 Å². The molecule has 0 spiro atoms. The van der Waals surface area contributed by atoms with Crippen molar-refractivity contribution in [2.45, 2.75) is 13.0 Å². The fourth-order valence-electron chi connectivity index (χ4n) is 2.21. The van der Waals surface area contributed by atoms with Gasteiger partial charge < -0.3 is 4.74 Å². The van der Waals surface area contributed by atoms with Gasteiger partial charge in [-0.15, -0.1) is 0 Å². The highest BCUT2D eigenvalue weighted by Gasteiger charge is 2.20. The number of rotatable bonds is 4. The summed E-state index contributed by atoms with van der Waals surface area (Å²) < 4.78 is 18.8. The van der Waals surface area contributed by atoms with Crippen LogP contribution in [0.1, 0.15) is 22.7 Å². The summed E-state index contributed by atoms with van der Waals surface area (Å²) in [7, 11) is 1.54. The lowest BCUT2D eigenvalue weighted by Crippen LogP contribution is -2.29. The van der Waals surface area contributed by atoms with E-state index in [2.05, 4.69) is 5.43 Å². The molecular weight excluding hydrogens is 279 g/mol. The maximum atomic E-state index is 13.5. The first-order valence-electron chi connectivity index (χ1n) is 6.13. The van der Waals surface area contributed by atoms with E-state index >= 15 is 0 Å². The normalized spacial score (nSPS) is 12.2. The molecule has 0 amide bonds. The second-order valence-electron chi connectivity index (χ2n) is 4.44. The Bertz CT molecular complexity index is 619. The van der Waals surface area contributed by atoms with E-state index in [4.69, 9.17) is 22.2 Å².